The fraction of sp³-hybridized carbons (Fsp3) is 0.650. The number of piperidine rings is 2. The van der Waals surface area contributed by atoms with Crippen LogP contribution in [0.3, 0.4) is 0 Å². The molecule has 24 heavy (non-hydrogen) atoms. The van der Waals surface area contributed by atoms with Crippen molar-refractivity contribution in [3.63, 3.8) is 0 Å². The van der Waals surface area contributed by atoms with Gasteiger partial charge in [-0.2, -0.15) is 0 Å². The molecule has 2 aliphatic heterocycles. The maximum atomic E-state index is 12.7. The van der Waals surface area contributed by atoms with Crippen LogP contribution in [0.15, 0.2) is 24.3 Å². The van der Waals surface area contributed by atoms with Gasteiger partial charge in [-0.3, -0.25) is 9.69 Å². The number of hydrogen-bond donors (Lipinski definition) is 0. The first-order valence-electron chi connectivity index (χ1n) is 9.30. The Morgan fingerprint density at radius 3 is 2.46 bits per heavy atom. The summed E-state index contributed by atoms with van der Waals surface area (Å²) in [6, 6.07) is 8.29. The van der Waals surface area contributed by atoms with Crippen molar-refractivity contribution in [2.75, 3.05) is 33.3 Å². The van der Waals surface area contributed by atoms with Crippen molar-refractivity contribution in [3.05, 3.63) is 29.8 Å². The summed E-state index contributed by atoms with van der Waals surface area (Å²) in [7, 11) is 1.69. The van der Waals surface area contributed by atoms with Crippen molar-refractivity contribution < 1.29 is 9.53 Å². The lowest BCUT2D eigenvalue weighted by Crippen LogP contribution is -2.45. The van der Waals surface area contributed by atoms with Crippen LogP contribution < -0.4 is 4.74 Å². The van der Waals surface area contributed by atoms with Crippen LogP contribution in [0, 0.1) is 11.8 Å². The predicted octanol–water partition coefficient (Wildman–Crippen LogP) is 3.17. The zero-order valence-corrected chi connectivity index (χ0v) is 15.0. The van der Waals surface area contributed by atoms with Crippen LogP contribution in [-0.4, -0.2) is 49.0 Å². The molecule has 1 aromatic rings. The van der Waals surface area contributed by atoms with E-state index in [4.69, 9.17) is 4.74 Å². The summed E-state index contributed by atoms with van der Waals surface area (Å²) in [5.41, 5.74) is 1.31. The van der Waals surface area contributed by atoms with Gasteiger partial charge < -0.3 is 9.64 Å². The Balaban J connectivity index is 1.47. The van der Waals surface area contributed by atoms with Gasteiger partial charge in [-0.1, -0.05) is 19.1 Å². The molecule has 2 saturated heterocycles. The van der Waals surface area contributed by atoms with Gasteiger partial charge in [-0.15, -0.1) is 0 Å². The minimum Gasteiger partial charge on any atom is -0.497 e. The zero-order chi connectivity index (χ0) is 16.9. The Bertz CT molecular complexity index is 535. The number of carbonyl (C=O) groups excluding carboxylic acids is 1. The first kappa shape index (κ1) is 17.3. The van der Waals surface area contributed by atoms with Crippen LogP contribution in [-0.2, 0) is 11.3 Å². The van der Waals surface area contributed by atoms with E-state index in [1.807, 2.05) is 12.1 Å². The lowest BCUT2D eigenvalue weighted by molar-refractivity contribution is -0.138. The minimum atomic E-state index is 0.238. The van der Waals surface area contributed by atoms with Gasteiger partial charge in [-0.25, -0.2) is 0 Å². The number of likely N-dealkylation sites (tertiary alicyclic amines) is 2. The molecule has 4 nitrogen and oxygen atoms in total. The van der Waals surface area contributed by atoms with Gasteiger partial charge in [-0.05, 0) is 62.4 Å². The number of ether oxygens (including phenoxy) is 1. The highest BCUT2D eigenvalue weighted by molar-refractivity contribution is 5.79. The van der Waals surface area contributed by atoms with Crippen molar-refractivity contribution in [1.29, 1.82) is 0 Å². The van der Waals surface area contributed by atoms with Crippen LogP contribution >= 0.6 is 0 Å². The van der Waals surface area contributed by atoms with E-state index in [9.17, 15) is 4.79 Å². The summed E-state index contributed by atoms with van der Waals surface area (Å²) in [6.07, 6.45) is 4.44. The van der Waals surface area contributed by atoms with Gasteiger partial charge in [0, 0.05) is 25.6 Å². The van der Waals surface area contributed by atoms with Gasteiger partial charge in [0.25, 0.3) is 0 Å². The normalized spacial score (nSPS) is 23.2. The SMILES string of the molecule is COc1ccc(CN2CCC(C(=O)N3CCC[C@@H](C)C3)CC2)cc1. The standard InChI is InChI=1S/C20H30N2O2/c1-16-4-3-11-22(14-16)20(23)18-9-12-21(13-10-18)15-17-5-7-19(24-2)8-6-17/h5-8,16,18H,3-4,9-15H2,1-2H3/t16-/m1/s1. The molecule has 0 bridgehead atoms. The van der Waals surface area contributed by atoms with E-state index in [1.165, 1.54) is 18.4 Å². The van der Waals surface area contributed by atoms with E-state index in [2.05, 4.69) is 28.9 Å². The molecule has 1 amide bonds. The first-order valence-corrected chi connectivity index (χ1v) is 9.30. The van der Waals surface area contributed by atoms with Crippen molar-refractivity contribution in [2.24, 2.45) is 11.8 Å². The summed E-state index contributed by atoms with van der Waals surface area (Å²) in [4.78, 5) is 17.3. The molecule has 0 radical (unpaired) electrons. The molecule has 0 spiro atoms. The van der Waals surface area contributed by atoms with Crippen molar-refractivity contribution in [1.82, 2.24) is 9.80 Å². The third-order valence-electron chi connectivity index (χ3n) is 5.47. The fourth-order valence-corrected chi connectivity index (χ4v) is 3.97. The average Bonchev–Trinajstić information content (AvgIpc) is 2.62. The first-order chi connectivity index (χ1) is 11.7. The number of rotatable bonds is 4. The highest BCUT2D eigenvalue weighted by atomic mass is 16.5. The van der Waals surface area contributed by atoms with E-state index in [0.29, 0.717) is 11.8 Å². The van der Waals surface area contributed by atoms with E-state index in [1.54, 1.807) is 7.11 Å². The summed E-state index contributed by atoms with van der Waals surface area (Å²) in [5.74, 6) is 2.21. The third kappa shape index (κ3) is 4.29. The average molecular weight is 330 g/mol. The van der Waals surface area contributed by atoms with Gasteiger partial charge in [0.1, 0.15) is 5.75 Å². The molecule has 2 heterocycles. The smallest absolute Gasteiger partial charge is 0.225 e. The van der Waals surface area contributed by atoms with E-state index in [0.717, 1.165) is 51.3 Å². The second kappa shape index (κ2) is 8.02. The van der Waals surface area contributed by atoms with E-state index in [-0.39, 0.29) is 5.92 Å². The topological polar surface area (TPSA) is 32.8 Å². The van der Waals surface area contributed by atoms with Crippen molar-refractivity contribution in [3.8, 4) is 5.75 Å². The van der Waals surface area contributed by atoms with Gasteiger partial charge in [0.2, 0.25) is 5.91 Å². The second-order valence-corrected chi connectivity index (χ2v) is 7.43. The number of benzene rings is 1. The third-order valence-corrected chi connectivity index (χ3v) is 5.47. The molecular formula is C20H30N2O2. The molecule has 132 valence electrons. The molecule has 0 unspecified atom stereocenters. The highest BCUT2D eigenvalue weighted by Crippen LogP contribution is 2.24. The Morgan fingerprint density at radius 2 is 1.83 bits per heavy atom. The highest BCUT2D eigenvalue weighted by Gasteiger charge is 2.30. The molecule has 0 aromatic heterocycles. The molecular weight excluding hydrogens is 300 g/mol. The fourth-order valence-electron chi connectivity index (χ4n) is 3.97. The van der Waals surface area contributed by atoms with Crippen LogP contribution in [0.4, 0.5) is 0 Å². The number of nitrogens with zero attached hydrogens (tertiary/aromatic N) is 2. The summed E-state index contributed by atoms with van der Waals surface area (Å²) in [6.45, 7) is 7.19. The van der Waals surface area contributed by atoms with Crippen LogP contribution in [0.2, 0.25) is 0 Å². The second-order valence-electron chi connectivity index (χ2n) is 7.43. The predicted molar refractivity (Wildman–Crippen MR) is 96.0 cm³/mol. The Hall–Kier alpha value is -1.55. The molecule has 1 atom stereocenters. The summed E-state index contributed by atoms with van der Waals surface area (Å²) < 4.78 is 5.21. The van der Waals surface area contributed by atoms with Gasteiger partial charge in [0.15, 0.2) is 0 Å². The quantitative estimate of drug-likeness (QED) is 0.850. The van der Waals surface area contributed by atoms with Crippen LogP contribution in [0.5, 0.6) is 5.75 Å². The molecule has 2 aliphatic rings. The van der Waals surface area contributed by atoms with Crippen LogP contribution in [0.25, 0.3) is 0 Å². The molecule has 1 aromatic carbocycles. The zero-order valence-electron chi connectivity index (χ0n) is 15.0. The molecule has 2 fully saturated rings. The Kier molecular flexibility index (Phi) is 5.77. The van der Waals surface area contributed by atoms with Crippen molar-refractivity contribution >= 4 is 5.91 Å². The lowest BCUT2D eigenvalue weighted by Gasteiger charge is -2.37. The number of methoxy groups -OCH3 is 1. The molecule has 0 saturated carbocycles. The van der Waals surface area contributed by atoms with Gasteiger partial charge >= 0.3 is 0 Å². The molecule has 0 aliphatic carbocycles. The number of carbonyl (C=O) groups is 1. The Morgan fingerprint density at radius 1 is 1.12 bits per heavy atom. The number of amides is 1. The largest absolute Gasteiger partial charge is 0.497 e. The van der Waals surface area contributed by atoms with Crippen LogP contribution in [0.1, 0.15) is 38.2 Å². The monoisotopic (exact) mass is 330 g/mol. The minimum absolute atomic E-state index is 0.238. The van der Waals surface area contributed by atoms with E-state index < -0.39 is 0 Å². The molecule has 3 rings (SSSR count). The van der Waals surface area contributed by atoms with Gasteiger partial charge in [0.05, 0.1) is 7.11 Å². The summed E-state index contributed by atoms with van der Waals surface area (Å²) in [5, 5.41) is 0. The summed E-state index contributed by atoms with van der Waals surface area (Å²) >= 11 is 0. The van der Waals surface area contributed by atoms with Crippen molar-refractivity contribution in [2.45, 2.75) is 39.2 Å². The lowest BCUT2D eigenvalue weighted by atomic mass is 9.92. The molecule has 0 N–H and O–H groups in total. The maximum Gasteiger partial charge on any atom is 0.225 e. The molecule has 4 heteroatoms. The number of hydrogen-bond acceptors (Lipinski definition) is 3. The Labute approximate surface area is 145 Å². The van der Waals surface area contributed by atoms with E-state index >= 15 is 0 Å². The maximum absolute atomic E-state index is 12.7.